The van der Waals surface area contributed by atoms with Crippen LogP contribution in [0.1, 0.15) is 79.2 Å². The Hall–Kier alpha value is -2.55. The first-order chi connectivity index (χ1) is 17.2. The Balaban J connectivity index is 0.000000204. The second-order valence-electron chi connectivity index (χ2n) is 10.8. The van der Waals surface area contributed by atoms with Gasteiger partial charge in [0.25, 0.3) is 0 Å². The largest absolute Gasteiger partial charge is 0.388 e. The van der Waals surface area contributed by atoms with Gasteiger partial charge >= 0.3 is 0 Å². The third-order valence-electron chi connectivity index (χ3n) is 8.02. The van der Waals surface area contributed by atoms with Crippen LogP contribution >= 0.6 is 22.9 Å². The SMILES string of the molecule is CC(C)(O)C1(NC=O)CC1.Cc1nnc2n1-c1sc3c(c1C(c1ccccc1Cl)=NC21CC1)CCC3. The van der Waals surface area contributed by atoms with Crippen molar-refractivity contribution in [3.63, 3.8) is 0 Å². The number of carbonyl (C=O) groups is 1. The summed E-state index contributed by atoms with van der Waals surface area (Å²) in [6.07, 6.45) is 7.98. The van der Waals surface area contributed by atoms with Crippen LogP contribution in [-0.4, -0.2) is 43.1 Å². The molecule has 0 bridgehead atoms. The van der Waals surface area contributed by atoms with Gasteiger partial charge in [0.15, 0.2) is 5.82 Å². The number of aliphatic hydroxyl groups is 1. The summed E-state index contributed by atoms with van der Waals surface area (Å²) in [4.78, 5) is 16.9. The zero-order valence-electron chi connectivity index (χ0n) is 20.8. The first kappa shape index (κ1) is 23.8. The maximum atomic E-state index is 10.1. The van der Waals surface area contributed by atoms with Crippen LogP contribution in [0.2, 0.25) is 5.02 Å². The lowest BCUT2D eigenvalue weighted by Crippen LogP contribution is -2.48. The molecule has 7 rings (SSSR count). The van der Waals surface area contributed by atoms with Gasteiger partial charge < -0.3 is 10.4 Å². The molecule has 2 saturated carbocycles. The minimum absolute atomic E-state index is 0.236. The van der Waals surface area contributed by atoms with E-state index in [4.69, 9.17) is 16.6 Å². The van der Waals surface area contributed by atoms with Crippen molar-refractivity contribution < 1.29 is 9.90 Å². The van der Waals surface area contributed by atoms with E-state index in [0.717, 1.165) is 66.5 Å². The van der Waals surface area contributed by atoms with Crippen molar-refractivity contribution in [1.82, 2.24) is 20.1 Å². The molecule has 3 heterocycles. The summed E-state index contributed by atoms with van der Waals surface area (Å²) in [6.45, 7) is 5.48. The number of thiophene rings is 1. The maximum Gasteiger partial charge on any atom is 0.207 e. The van der Waals surface area contributed by atoms with E-state index in [0.29, 0.717) is 6.41 Å². The lowest BCUT2D eigenvalue weighted by molar-refractivity contribution is -0.112. The molecule has 7 nitrogen and oxygen atoms in total. The minimum Gasteiger partial charge on any atom is -0.388 e. The van der Waals surface area contributed by atoms with Gasteiger partial charge in [-0.1, -0.05) is 29.8 Å². The lowest BCUT2D eigenvalue weighted by Gasteiger charge is -2.28. The summed E-state index contributed by atoms with van der Waals surface area (Å²) in [7, 11) is 0. The number of nitrogens with zero attached hydrogens (tertiary/aromatic N) is 4. The monoisotopic (exact) mass is 523 g/mol. The van der Waals surface area contributed by atoms with Crippen LogP contribution in [0.15, 0.2) is 29.3 Å². The molecule has 0 saturated heterocycles. The van der Waals surface area contributed by atoms with E-state index >= 15 is 0 Å². The Morgan fingerprint density at radius 2 is 1.92 bits per heavy atom. The molecule has 36 heavy (non-hydrogen) atoms. The molecule has 0 atom stereocenters. The average molecular weight is 524 g/mol. The van der Waals surface area contributed by atoms with Crippen LogP contribution in [0.4, 0.5) is 0 Å². The Labute approximate surface area is 219 Å². The highest BCUT2D eigenvalue weighted by Gasteiger charge is 2.54. The van der Waals surface area contributed by atoms with Crippen LogP contribution in [0.3, 0.4) is 0 Å². The standard InChI is InChI=1S/C20H17ClN4S.C7H13NO2/c1-11-23-24-19-20(9-10-20)22-17(12-5-2-3-7-14(12)21)16-13-6-4-8-15(13)26-18(16)25(11)19;1-6(2,10)7(3-4-7)8-5-9/h2-3,5,7H,4,6,8-10H2,1H3;5,10H,3-4H2,1-2H3,(H,8,9). The number of benzene rings is 1. The fourth-order valence-electron chi connectivity index (χ4n) is 5.49. The molecule has 3 aliphatic carbocycles. The molecule has 9 heteroatoms. The minimum atomic E-state index is -0.784. The molecule has 0 radical (unpaired) electrons. The number of rotatable bonds is 4. The average Bonchev–Trinajstić information content (AvgIpc) is 3.67. The van der Waals surface area contributed by atoms with Crippen molar-refractivity contribution in [3.8, 4) is 5.00 Å². The van der Waals surface area contributed by atoms with Gasteiger partial charge in [-0.15, -0.1) is 21.5 Å². The molecule has 1 spiro atoms. The Morgan fingerprint density at radius 1 is 1.17 bits per heavy atom. The second kappa shape index (κ2) is 8.23. The van der Waals surface area contributed by atoms with Crippen LogP contribution in [-0.2, 0) is 23.2 Å². The summed E-state index contributed by atoms with van der Waals surface area (Å²) in [6, 6.07) is 8.08. The molecule has 4 aliphatic rings. The quantitative estimate of drug-likeness (QED) is 0.487. The summed E-state index contributed by atoms with van der Waals surface area (Å²) >= 11 is 8.50. The Kier molecular flexibility index (Phi) is 5.45. The lowest BCUT2D eigenvalue weighted by atomic mass is 9.97. The molecule has 1 aliphatic heterocycles. The highest BCUT2D eigenvalue weighted by Crippen LogP contribution is 2.54. The Morgan fingerprint density at radius 3 is 2.53 bits per heavy atom. The second-order valence-corrected chi connectivity index (χ2v) is 12.3. The van der Waals surface area contributed by atoms with E-state index in [1.165, 1.54) is 27.4 Å². The van der Waals surface area contributed by atoms with Gasteiger partial charge in [-0.05, 0) is 77.3 Å². The van der Waals surface area contributed by atoms with Gasteiger partial charge in [0.05, 0.1) is 16.9 Å². The number of fused-ring (bicyclic) bond motifs is 6. The highest BCUT2D eigenvalue weighted by atomic mass is 35.5. The number of nitrogens with one attached hydrogen (secondary N) is 1. The van der Waals surface area contributed by atoms with E-state index in [2.05, 4.69) is 26.1 Å². The fourth-order valence-corrected chi connectivity index (χ4v) is 7.15. The smallest absolute Gasteiger partial charge is 0.207 e. The number of carbonyl (C=O) groups excluding carboxylic acids is 1. The molecular formula is C27H30ClN5O2S. The van der Waals surface area contributed by atoms with Crippen LogP contribution < -0.4 is 5.32 Å². The van der Waals surface area contributed by atoms with Crippen molar-refractivity contribution in [2.45, 2.75) is 82.4 Å². The van der Waals surface area contributed by atoms with Gasteiger partial charge in [0.2, 0.25) is 6.41 Å². The zero-order valence-corrected chi connectivity index (χ0v) is 22.3. The molecule has 1 aromatic carbocycles. The van der Waals surface area contributed by atoms with Gasteiger partial charge in [-0.3, -0.25) is 14.4 Å². The number of hydrogen-bond donors (Lipinski definition) is 2. The summed E-state index contributed by atoms with van der Waals surface area (Å²) in [5.74, 6) is 1.95. The maximum absolute atomic E-state index is 10.1. The summed E-state index contributed by atoms with van der Waals surface area (Å²) in [5, 5.41) is 23.1. The first-order valence-electron chi connectivity index (χ1n) is 12.6. The van der Waals surface area contributed by atoms with Crippen molar-refractivity contribution >= 4 is 35.1 Å². The fraction of sp³-hybridized carbons (Fsp3) is 0.481. The molecular weight excluding hydrogens is 494 g/mol. The van der Waals surface area contributed by atoms with Crippen LogP contribution in [0, 0.1) is 6.92 Å². The molecule has 1 amide bonds. The third kappa shape index (κ3) is 3.64. The summed E-state index contributed by atoms with van der Waals surface area (Å²) < 4.78 is 2.26. The van der Waals surface area contributed by atoms with Crippen molar-refractivity contribution in [3.05, 3.63) is 62.5 Å². The number of aromatic nitrogens is 3. The molecule has 2 fully saturated rings. The van der Waals surface area contributed by atoms with E-state index < -0.39 is 5.60 Å². The molecule has 2 N–H and O–H groups in total. The zero-order chi connectivity index (χ0) is 25.3. The summed E-state index contributed by atoms with van der Waals surface area (Å²) in [5.41, 5.74) is 3.46. The highest BCUT2D eigenvalue weighted by molar-refractivity contribution is 7.15. The van der Waals surface area contributed by atoms with Gasteiger partial charge in [-0.25, -0.2) is 0 Å². The topological polar surface area (TPSA) is 92.4 Å². The normalized spacial score (nSPS) is 19.8. The van der Waals surface area contributed by atoms with E-state index in [9.17, 15) is 9.90 Å². The van der Waals surface area contributed by atoms with Crippen molar-refractivity contribution in [1.29, 1.82) is 0 Å². The predicted octanol–water partition coefficient (Wildman–Crippen LogP) is 4.66. The number of aliphatic imine (C=N–C) groups is 1. The number of hydrogen-bond acceptors (Lipinski definition) is 6. The van der Waals surface area contributed by atoms with Crippen molar-refractivity contribution in [2.24, 2.45) is 4.99 Å². The molecule has 0 unspecified atom stereocenters. The van der Waals surface area contributed by atoms with E-state index in [-0.39, 0.29) is 11.1 Å². The molecule has 2 aromatic heterocycles. The Bertz CT molecular complexity index is 1390. The van der Waals surface area contributed by atoms with E-state index in [1.54, 1.807) is 13.8 Å². The first-order valence-corrected chi connectivity index (χ1v) is 13.8. The number of amides is 1. The van der Waals surface area contributed by atoms with Crippen LogP contribution in [0.5, 0.6) is 0 Å². The number of aryl methyl sites for hydroxylation is 2. The predicted molar refractivity (Wildman–Crippen MR) is 141 cm³/mol. The number of halogens is 1. The van der Waals surface area contributed by atoms with Gasteiger partial charge in [0.1, 0.15) is 16.4 Å². The van der Waals surface area contributed by atoms with Crippen molar-refractivity contribution in [2.75, 3.05) is 0 Å². The van der Waals surface area contributed by atoms with Gasteiger partial charge in [0, 0.05) is 21.0 Å². The van der Waals surface area contributed by atoms with Crippen LogP contribution in [0.25, 0.3) is 5.00 Å². The molecule has 188 valence electrons. The molecule has 3 aromatic rings. The van der Waals surface area contributed by atoms with Gasteiger partial charge in [-0.2, -0.15) is 0 Å². The third-order valence-corrected chi connectivity index (χ3v) is 9.62. The van der Waals surface area contributed by atoms with E-state index in [1.807, 2.05) is 36.5 Å².